The molecule has 0 saturated carbocycles. The third kappa shape index (κ3) is 8.69. The van der Waals surface area contributed by atoms with Crippen molar-refractivity contribution in [2.75, 3.05) is 7.05 Å². The van der Waals surface area contributed by atoms with Gasteiger partial charge in [-0.05, 0) is 7.05 Å². The Bertz CT molecular complexity index is 196. The Labute approximate surface area is 133 Å². The van der Waals surface area contributed by atoms with Crippen LogP contribution >= 0.6 is 0 Å². The van der Waals surface area contributed by atoms with E-state index in [1.165, 1.54) is 0 Å². The van der Waals surface area contributed by atoms with Crippen LogP contribution in [0.25, 0.3) is 0 Å². The molecule has 0 rings (SSSR count). The molecule has 0 N–H and O–H groups in total. The van der Waals surface area contributed by atoms with Gasteiger partial charge in [0.1, 0.15) is 19.7 Å². The van der Waals surface area contributed by atoms with Gasteiger partial charge in [0.25, 0.3) is 0 Å². The lowest BCUT2D eigenvalue weighted by Crippen LogP contribution is -2.55. The molecule has 0 atom stereocenters. The maximum absolute atomic E-state index is 3.08. The van der Waals surface area contributed by atoms with Gasteiger partial charge in [0.15, 0.2) is 9.84 Å². The Kier molecular flexibility index (Phi) is 13.4. The summed E-state index contributed by atoms with van der Waals surface area (Å²) < 4.78 is 11.9. The SMILES string of the molecule is C[SiH2]N(C)[SiH2]N([SiH2]C)[SiH2]N([SiH2]C)[SiH2]N([SiH2]C)[SiH2]C. The van der Waals surface area contributed by atoms with E-state index in [9.17, 15) is 0 Å². The van der Waals surface area contributed by atoms with Crippen molar-refractivity contribution in [1.29, 1.82) is 0 Å². The molecule has 4 nitrogen and oxygen atoms in total. The molecule has 0 spiro atoms. The predicted molar refractivity (Wildman–Crippen MR) is 111 cm³/mol. The number of hydrogen-bond acceptors (Lipinski definition) is 4. The first-order valence-electron chi connectivity index (χ1n) is 7.46. The van der Waals surface area contributed by atoms with Gasteiger partial charge in [-0.1, -0.05) is 32.7 Å². The first-order valence-corrected chi connectivity index (χ1v) is 21.5. The van der Waals surface area contributed by atoms with Crippen LogP contribution in [-0.4, -0.2) is 101 Å². The minimum atomic E-state index is 0.00984. The van der Waals surface area contributed by atoms with Gasteiger partial charge >= 0.3 is 0 Å². The normalized spacial score (nSPS) is 17.7. The molecule has 0 unspecified atom stereocenters. The summed E-state index contributed by atoms with van der Waals surface area (Å²) in [5.41, 5.74) is 0. The van der Waals surface area contributed by atoms with Gasteiger partial charge < -0.3 is 15.9 Å². The van der Waals surface area contributed by atoms with Crippen molar-refractivity contribution in [3.8, 4) is 0 Å². The monoisotopic (exact) mass is 386 g/mol. The van der Waals surface area contributed by atoms with Gasteiger partial charge in [0.05, 0.1) is 48.4 Å². The van der Waals surface area contributed by atoms with Gasteiger partial charge in [0, 0.05) is 0 Å². The fraction of sp³-hybridized carbons (Fsp3) is 1.00. The van der Waals surface area contributed by atoms with Crippen LogP contribution in [0.2, 0.25) is 32.7 Å². The molecule has 110 valence electrons. The molecule has 0 amide bonds. The first-order chi connectivity index (χ1) is 8.60. The molecule has 0 saturated heterocycles. The van der Waals surface area contributed by atoms with Crippen LogP contribution in [0.1, 0.15) is 0 Å². The number of hydrogen-bond donors (Lipinski definition) is 0. The summed E-state index contributed by atoms with van der Waals surface area (Å²) in [4.78, 5) is 0. The Morgan fingerprint density at radius 1 is 0.500 bits per heavy atom. The topological polar surface area (TPSA) is 13.0 Å². The first kappa shape index (κ1) is 19.6. The molecule has 0 heterocycles. The average molecular weight is 387 g/mol. The Balaban J connectivity index is 4.21. The lowest BCUT2D eigenvalue weighted by atomic mass is 11.6. The molecule has 0 aliphatic carbocycles. The fourth-order valence-corrected chi connectivity index (χ4v) is 30.0. The molecular formula is C6H34N4Si8. The highest BCUT2D eigenvalue weighted by Crippen LogP contribution is 1.91. The maximum atomic E-state index is 3.08. The van der Waals surface area contributed by atoms with Crippen molar-refractivity contribution in [3.63, 3.8) is 0 Å². The van der Waals surface area contributed by atoms with Crippen molar-refractivity contribution < 1.29 is 0 Å². The van der Waals surface area contributed by atoms with E-state index in [-0.39, 0.29) is 77.9 Å². The van der Waals surface area contributed by atoms with E-state index in [0.29, 0.717) is 0 Å². The van der Waals surface area contributed by atoms with Gasteiger partial charge in [-0.25, -0.2) is 0 Å². The Morgan fingerprint density at radius 3 is 1.28 bits per heavy atom. The molecule has 0 aromatic carbocycles. The summed E-state index contributed by atoms with van der Waals surface area (Å²) >= 11 is 0. The summed E-state index contributed by atoms with van der Waals surface area (Å²) in [6.45, 7) is 12.5. The van der Waals surface area contributed by atoms with E-state index < -0.39 is 0 Å². The van der Waals surface area contributed by atoms with Crippen LogP contribution in [0, 0.1) is 0 Å². The van der Waals surface area contributed by atoms with E-state index in [4.69, 9.17) is 0 Å². The molecule has 0 aromatic rings. The minimum Gasteiger partial charge on any atom is -0.372 e. The van der Waals surface area contributed by atoms with Gasteiger partial charge in [-0.3, -0.25) is 0 Å². The molecule has 0 bridgehead atoms. The van der Waals surface area contributed by atoms with Gasteiger partial charge in [-0.2, -0.15) is 0 Å². The second-order valence-electron chi connectivity index (χ2n) is 4.87. The highest BCUT2D eigenvalue weighted by atomic mass is 28.4. The summed E-state index contributed by atoms with van der Waals surface area (Å²) in [5, 5.41) is 0. The molecule has 0 aromatic heterocycles. The van der Waals surface area contributed by atoms with Crippen molar-refractivity contribution in [1.82, 2.24) is 15.9 Å². The standard InChI is InChI=1S/C6H34N4Si8/c1-7(11-2)16-9(14-5)18-10(15-6)17-8(12-3)13-4/h11-18H2,1-6H3. The highest BCUT2D eigenvalue weighted by Gasteiger charge is 2.13. The van der Waals surface area contributed by atoms with Crippen molar-refractivity contribution in [3.05, 3.63) is 0 Å². The summed E-state index contributed by atoms with van der Waals surface area (Å²) in [6.07, 6.45) is 0. The van der Waals surface area contributed by atoms with Crippen LogP contribution < -0.4 is 0 Å². The van der Waals surface area contributed by atoms with Crippen molar-refractivity contribution in [2.45, 2.75) is 32.7 Å². The predicted octanol–water partition coefficient (Wildman–Crippen LogP) is -5.52. The summed E-state index contributed by atoms with van der Waals surface area (Å²) in [7, 11) is 3.19. The third-order valence-corrected chi connectivity index (χ3v) is 29.4. The van der Waals surface area contributed by atoms with E-state index in [0.717, 1.165) is 0 Å². The van der Waals surface area contributed by atoms with Crippen molar-refractivity contribution in [2.24, 2.45) is 0 Å². The molecule has 0 radical (unpaired) electrons. The van der Waals surface area contributed by atoms with Gasteiger partial charge in [-0.15, -0.1) is 0 Å². The molecule has 0 fully saturated rings. The molecule has 18 heavy (non-hydrogen) atoms. The minimum absolute atomic E-state index is 0.00984. The second-order valence-corrected chi connectivity index (χ2v) is 28.0. The highest BCUT2D eigenvalue weighted by molar-refractivity contribution is 6.77. The van der Waals surface area contributed by atoms with E-state index in [1.54, 1.807) is 0 Å². The van der Waals surface area contributed by atoms with E-state index in [2.05, 4.69) is 55.7 Å². The zero-order chi connectivity index (χ0) is 14.0. The molecule has 0 aliphatic heterocycles. The van der Waals surface area contributed by atoms with E-state index in [1.807, 2.05) is 0 Å². The quantitative estimate of drug-likeness (QED) is 0.328. The largest absolute Gasteiger partial charge is 0.372 e. The zero-order valence-electron chi connectivity index (χ0n) is 13.4. The number of rotatable bonds is 11. The Hall–Kier alpha value is 1.58. The molecule has 0 aliphatic rings. The Morgan fingerprint density at radius 2 is 0.889 bits per heavy atom. The number of nitrogens with zero attached hydrogens (tertiary/aromatic N) is 4. The van der Waals surface area contributed by atoms with Crippen LogP contribution in [0.3, 0.4) is 0 Å². The van der Waals surface area contributed by atoms with Gasteiger partial charge in [0.2, 0.25) is 0 Å². The van der Waals surface area contributed by atoms with Crippen molar-refractivity contribution >= 4 is 77.9 Å². The fourth-order valence-electron chi connectivity index (χ4n) is 1.92. The molecule has 12 heteroatoms. The lowest BCUT2D eigenvalue weighted by Gasteiger charge is -2.34. The lowest BCUT2D eigenvalue weighted by molar-refractivity contribution is 0.779. The van der Waals surface area contributed by atoms with Crippen LogP contribution in [0.15, 0.2) is 0 Å². The summed E-state index contributed by atoms with van der Waals surface area (Å²) in [5.74, 6) is 0. The average Bonchev–Trinajstić information content (AvgIpc) is 2.41. The maximum Gasteiger partial charge on any atom is 0.152 e. The van der Waals surface area contributed by atoms with Crippen LogP contribution in [0.4, 0.5) is 0 Å². The van der Waals surface area contributed by atoms with E-state index >= 15 is 0 Å². The third-order valence-electron chi connectivity index (χ3n) is 3.57. The second kappa shape index (κ2) is 12.3. The van der Waals surface area contributed by atoms with Crippen LogP contribution in [0.5, 0.6) is 0 Å². The summed E-state index contributed by atoms with van der Waals surface area (Å²) in [6, 6.07) is 0. The zero-order valence-corrected chi connectivity index (χ0v) is 24.8. The molecular weight excluding hydrogens is 353 g/mol. The van der Waals surface area contributed by atoms with Crippen LogP contribution in [-0.2, 0) is 0 Å². The smallest absolute Gasteiger partial charge is 0.152 e.